The Morgan fingerprint density at radius 1 is 1.32 bits per heavy atom. The van der Waals surface area contributed by atoms with Crippen LogP contribution in [-0.2, 0) is 0 Å². The first kappa shape index (κ1) is 16.2. The van der Waals surface area contributed by atoms with Gasteiger partial charge in [0.15, 0.2) is 0 Å². The number of rotatable bonds is 7. The van der Waals surface area contributed by atoms with Crippen LogP contribution in [0.15, 0.2) is 16.6 Å². The van der Waals surface area contributed by atoms with Crippen LogP contribution in [0, 0.1) is 0 Å². The van der Waals surface area contributed by atoms with E-state index in [9.17, 15) is 0 Å². The summed E-state index contributed by atoms with van der Waals surface area (Å²) in [4.78, 5) is 2.12. The van der Waals surface area contributed by atoms with Crippen LogP contribution < -0.4 is 20.7 Å². The normalized spacial score (nSPS) is 12.6. The monoisotopic (exact) mass is 331 g/mol. The van der Waals surface area contributed by atoms with Crippen molar-refractivity contribution in [3.63, 3.8) is 0 Å². The van der Waals surface area contributed by atoms with Gasteiger partial charge in [-0.2, -0.15) is 0 Å². The minimum atomic E-state index is 0.0274. The van der Waals surface area contributed by atoms with Crippen molar-refractivity contribution in [1.82, 2.24) is 10.3 Å². The smallest absolute Gasteiger partial charge is 0.141 e. The standard InChI is InChI=1S/C13H22BrN3O2/c1-17(2)8-7-10(16-15)9-5-6-11(18-3)12(14)13(9)19-4/h5-6,10,16H,7-8,15H2,1-4H3. The van der Waals surface area contributed by atoms with E-state index in [2.05, 4.69) is 26.3 Å². The molecule has 1 rings (SSSR count). The lowest BCUT2D eigenvalue weighted by Crippen LogP contribution is -2.31. The van der Waals surface area contributed by atoms with Gasteiger partial charge in [0.1, 0.15) is 16.0 Å². The summed E-state index contributed by atoms with van der Waals surface area (Å²) >= 11 is 3.50. The maximum Gasteiger partial charge on any atom is 0.141 e. The third kappa shape index (κ3) is 4.07. The maximum atomic E-state index is 5.66. The summed E-state index contributed by atoms with van der Waals surface area (Å²) in [6, 6.07) is 3.91. The Bertz CT molecular complexity index is 413. The zero-order valence-electron chi connectivity index (χ0n) is 11.9. The minimum Gasteiger partial charge on any atom is -0.495 e. The number of halogens is 1. The Hall–Kier alpha value is -0.820. The molecular formula is C13H22BrN3O2. The summed E-state index contributed by atoms with van der Waals surface area (Å²) in [6.07, 6.45) is 0.888. The fourth-order valence-corrected chi connectivity index (χ4v) is 2.59. The molecule has 19 heavy (non-hydrogen) atoms. The van der Waals surface area contributed by atoms with Crippen LogP contribution in [0.4, 0.5) is 0 Å². The highest BCUT2D eigenvalue weighted by molar-refractivity contribution is 9.10. The molecule has 0 aliphatic rings. The second-order valence-electron chi connectivity index (χ2n) is 4.52. The number of hydrazine groups is 1. The SMILES string of the molecule is COc1ccc(C(CCN(C)C)NN)c(OC)c1Br. The summed E-state index contributed by atoms with van der Waals surface area (Å²) < 4.78 is 11.5. The zero-order valence-corrected chi connectivity index (χ0v) is 13.5. The van der Waals surface area contributed by atoms with Gasteiger partial charge in [-0.3, -0.25) is 11.3 Å². The van der Waals surface area contributed by atoms with Gasteiger partial charge in [-0.05, 0) is 55.1 Å². The lowest BCUT2D eigenvalue weighted by atomic mass is 10.0. The number of nitrogens with zero attached hydrogens (tertiary/aromatic N) is 1. The number of ether oxygens (including phenoxy) is 2. The molecule has 1 aromatic rings. The van der Waals surface area contributed by atoms with E-state index in [1.54, 1.807) is 14.2 Å². The number of hydrogen-bond donors (Lipinski definition) is 2. The van der Waals surface area contributed by atoms with Crippen molar-refractivity contribution in [2.24, 2.45) is 5.84 Å². The molecule has 0 amide bonds. The summed E-state index contributed by atoms with van der Waals surface area (Å²) in [5.74, 6) is 7.16. The van der Waals surface area contributed by atoms with Gasteiger partial charge in [0, 0.05) is 5.56 Å². The van der Waals surface area contributed by atoms with Gasteiger partial charge in [-0.1, -0.05) is 0 Å². The third-order valence-corrected chi connectivity index (χ3v) is 3.71. The lowest BCUT2D eigenvalue weighted by Gasteiger charge is -2.22. The largest absolute Gasteiger partial charge is 0.495 e. The van der Waals surface area contributed by atoms with Gasteiger partial charge >= 0.3 is 0 Å². The zero-order chi connectivity index (χ0) is 14.4. The van der Waals surface area contributed by atoms with Crippen molar-refractivity contribution in [3.8, 4) is 11.5 Å². The Morgan fingerprint density at radius 2 is 2.00 bits per heavy atom. The molecule has 0 saturated heterocycles. The highest BCUT2D eigenvalue weighted by Gasteiger charge is 2.19. The summed E-state index contributed by atoms with van der Waals surface area (Å²) in [5.41, 5.74) is 3.86. The summed E-state index contributed by atoms with van der Waals surface area (Å²) in [7, 11) is 7.34. The number of benzene rings is 1. The maximum absolute atomic E-state index is 5.66. The van der Waals surface area contributed by atoms with E-state index in [4.69, 9.17) is 15.3 Å². The van der Waals surface area contributed by atoms with Crippen molar-refractivity contribution < 1.29 is 9.47 Å². The highest BCUT2D eigenvalue weighted by Crippen LogP contribution is 2.40. The van der Waals surface area contributed by atoms with E-state index >= 15 is 0 Å². The van der Waals surface area contributed by atoms with Gasteiger partial charge in [0.05, 0.1) is 20.3 Å². The van der Waals surface area contributed by atoms with Crippen LogP contribution in [0.25, 0.3) is 0 Å². The Labute approximate surface area is 123 Å². The molecule has 108 valence electrons. The molecule has 0 bridgehead atoms. The topological polar surface area (TPSA) is 59.8 Å². The molecule has 6 heteroatoms. The molecule has 5 nitrogen and oxygen atoms in total. The van der Waals surface area contributed by atoms with E-state index in [1.807, 2.05) is 26.2 Å². The molecule has 0 spiro atoms. The molecule has 0 fully saturated rings. The minimum absolute atomic E-state index is 0.0274. The van der Waals surface area contributed by atoms with Crippen LogP contribution in [-0.4, -0.2) is 39.8 Å². The first-order chi connectivity index (χ1) is 9.04. The number of nitrogens with one attached hydrogen (secondary N) is 1. The Kier molecular flexibility index (Phi) is 6.57. The van der Waals surface area contributed by atoms with Crippen LogP contribution in [0.3, 0.4) is 0 Å². The molecule has 3 N–H and O–H groups in total. The van der Waals surface area contributed by atoms with Crippen molar-refractivity contribution in [2.45, 2.75) is 12.5 Å². The van der Waals surface area contributed by atoms with Gasteiger partial charge in [-0.15, -0.1) is 0 Å². The van der Waals surface area contributed by atoms with Crippen molar-refractivity contribution in [3.05, 3.63) is 22.2 Å². The molecule has 0 aliphatic carbocycles. The van der Waals surface area contributed by atoms with Crippen LogP contribution in [0.1, 0.15) is 18.0 Å². The van der Waals surface area contributed by atoms with Crippen LogP contribution >= 0.6 is 15.9 Å². The fraction of sp³-hybridized carbons (Fsp3) is 0.538. The highest BCUT2D eigenvalue weighted by atomic mass is 79.9. The molecule has 1 aromatic carbocycles. The molecule has 0 aliphatic heterocycles. The number of hydrogen-bond acceptors (Lipinski definition) is 5. The van der Waals surface area contributed by atoms with E-state index in [-0.39, 0.29) is 6.04 Å². The summed E-state index contributed by atoms with van der Waals surface area (Å²) in [6.45, 7) is 0.932. The quantitative estimate of drug-likeness (QED) is 0.590. The van der Waals surface area contributed by atoms with E-state index < -0.39 is 0 Å². The van der Waals surface area contributed by atoms with Gasteiger partial charge in [0.25, 0.3) is 0 Å². The second kappa shape index (κ2) is 7.69. The van der Waals surface area contributed by atoms with E-state index in [0.29, 0.717) is 0 Å². The molecule has 1 atom stereocenters. The average Bonchev–Trinajstić information content (AvgIpc) is 2.39. The average molecular weight is 332 g/mol. The van der Waals surface area contributed by atoms with Gasteiger partial charge < -0.3 is 14.4 Å². The molecule has 1 unspecified atom stereocenters. The fourth-order valence-electron chi connectivity index (χ4n) is 1.91. The Morgan fingerprint density at radius 3 is 2.47 bits per heavy atom. The molecule has 0 saturated carbocycles. The molecule has 0 aromatic heterocycles. The second-order valence-corrected chi connectivity index (χ2v) is 5.31. The molecular weight excluding hydrogens is 310 g/mol. The van der Waals surface area contributed by atoms with Crippen LogP contribution in [0.2, 0.25) is 0 Å². The number of nitrogens with two attached hydrogens (primary N) is 1. The predicted octanol–water partition coefficient (Wildman–Crippen LogP) is 1.92. The van der Waals surface area contributed by atoms with Crippen LogP contribution in [0.5, 0.6) is 11.5 Å². The first-order valence-corrected chi connectivity index (χ1v) is 6.85. The van der Waals surface area contributed by atoms with Crippen molar-refractivity contribution in [1.29, 1.82) is 0 Å². The third-order valence-electron chi connectivity index (χ3n) is 2.96. The van der Waals surface area contributed by atoms with Gasteiger partial charge in [-0.25, -0.2) is 0 Å². The van der Waals surface area contributed by atoms with E-state index in [0.717, 1.165) is 34.5 Å². The number of methoxy groups -OCH3 is 2. The summed E-state index contributed by atoms with van der Waals surface area (Å²) in [5, 5.41) is 0. The predicted molar refractivity (Wildman–Crippen MR) is 80.5 cm³/mol. The van der Waals surface area contributed by atoms with Crippen molar-refractivity contribution in [2.75, 3.05) is 34.9 Å². The van der Waals surface area contributed by atoms with E-state index in [1.165, 1.54) is 0 Å². The molecule has 0 radical (unpaired) electrons. The molecule has 0 heterocycles. The lowest BCUT2D eigenvalue weighted by molar-refractivity contribution is 0.348. The van der Waals surface area contributed by atoms with Gasteiger partial charge in [0.2, 0.25) is 0 Å². The van der Waals surface area contributed by atoms with Crippen molar-refractivity contribution >= 4 is 15.9 Å². The first-order valence-electron chi connectivity index (χ1n) is 6.06. The Balaban J connectivity index is 3.06.